The van der Waals surface area contributed by atoms with Crippen LogP contribution in [-0.4, -0.2) is 41.7 Å². The van der Waals surface area contributed by atoms with Gasteiger partial charge in [0.25, 0.3) is 11.1 Å². The number of hydrogen-bond acceptors (Lipinski definition) is 6. The van der Waals surface area contributed by atoms with Crippen LogP contribution < -0.4 is 14.8 Å². The molecule has 1 atom stereocenters. The molecular weight excluding hydrogens is 435 g/mol. The molecule has 9 heteroatoms. The number of hydrogen-bond donors (Lipinski definition) is 1. The van der Waals surface area contributed by atoms with E-state index in [0.29, 0.717) is 17.1 Å². The number of nitrogens with zero attached hydrogens (tertiary/aromatic N) is 1. The molecule has 0 radical (unpaired) electrons. The zero-order chi connectivity index (χ0) is 23.3. The average Bonchev–Trinajstić information content (AvgIpc) is 3.01. The van der Waals surface area contributed by atoms with E-state index in [4.69, 9.17) is 9.47 Å². The summed E-state index contributed by atoms with van der Waals surface area (Å²) in [5, 5.41) is 1.92. The van der Waals surface area contributed by atoms with E-state index in [-0.39, 0.29) is 16.7 Å². The molecule has 1 fully saturated rings. The van der Waals surface area contributed by atoms with E-state index < -0.39 is 29.4 Å². The Morgan fingerprint density at radius 3 is 2.69 bits per heavy atom. The first-order chi connectivity index (χ1) is 15.3. The summed E-state index contributed by atoms with van der Waals surface area (Å²) < 4.78 is 24.5. The van der Waals surface area contributed by atoms with Crippen LogP contribution in [0.4, 0.5) is 14.9 Å². The Kier molecular flexibility index (Phi) is 7.53. The van der Waals surface area contributed by atoms with Gasteiger partial charge in [-0.2, -0.15) is 0 Å². The molecule has 1 aliphatic rings. The highest BCUT2D eigenvalue weighted by atomic mass is 32.2. The van der Waals surface area contributed by atoms with Crippen molar-refractivity contribution in [1.82, 2.24) is 4.90 Å². The maximum atomic E-state index is 13.3. The molecule has 3 amide bonds. The van der Waals surface area contributed by atoms with E-state index in [1.807, 2.05) is 13.8 Å². The summed E-state index contributed by atoms with van der Waals surface area (Å²) in [4.78, 5) is 38.3. The second-order valence-electron chi connectivity index (χ2n) is 7.07. The second kappa shape index (κ2) is 10.3. The molecule has 0 spiro atoms. The Balaban J connectivity index is 1.71. The fourth-order valence-electron chi connectivity index (χ4n) is 2.87. The number of carbonyl (C=O) groups is 3. The molecule has 0 aromatic heterocycles. The predicted octanol–water partition coefficient (Wildman–Crippen LogP) is 4.69. The number of carbonyl (C=O) groups excluding carboxylic acids is 3. The lowest BCUT2D eigenvalue weighted by molar-refractivity contribution is -0.127. The Morgan fingerprint density at radius 2 is 2.00 bits per heavy atom. The summed E-state index contributed by atoms with van der Waals surface area (Å²) in [5.41, 5.74) is 0.886. The first-order valence-corrected chi connectivity index (χ1v) is 10.8. The summed E-state index contributed by atoms with van der Waals surface area (Å²) in [5.74, 6) is -0.595. The fourth-order valence-corrected chi connectivity index (χ4v) is 3.71. The molecule has 168 valence electrons. The van der Waals surface area contributed by atoms with Gasteiger partial charge in [0, 0.05) is 5.69 Å². The summed E-state index contributed by atoms with van der Waals surface area (Å²) in [6.07, 6.45) is 2.42. The van der Waals surface area contributed by atoms with Crippen LogP contribution in [0.25, 0.3) is 6.08 Å². The SMILES string of the molecule is CC[C@H](C)Oc1ccc(/C=C2/SC(=O)N(CC(=O)Nc3cccc(F)c3)C2=O)cc1OC. The summed E-state index contributed by atoms with van der Waals surface area (Å²) in [7, 11) is 1.52. The van der Waals surface area contributed by atoms with Crippen molar-refractivity contribution in [2.75, 3.05) is 19.0 Å². The Morgan fingerprint density at radius 1 is 1.22 bits per heavy atom. The summed E-state index contributed by atoms with van der Waals surface area (Å²) in [6, 6.07) is 10.6. The molecule has 3 rings (SSSR count). The van der Waals surface area contributed by atoms with Gasteiger partial charge in [0.15, 0.2) is 11.5 Å². The number of ether oxygens (including phenoxy) is 2. The highest BCUT2D eigenvalue weighted by molar-refractivity contribution is 8.18. The molecule has 2 aromatic rings. The van der Waals surface area contributed by atoms with Gasteiger partial charge in [-0.25, -0.2) is 4.39 Å². The van der Waals surface area contributed by atoms with Crippen molar-refractivity contribution in [2.45, 2.75) is 26.4 Å². The highest BCUT2D eigenvalue weighted by Gasteiger charge is 2.36. The van der Waals surface area contributed by atoms with Gasteiger partial charge in [-0.3, -0.25) is 19.3 Å². The van der Waals surface area contributed by atoms with Gasteiger partial charge in [0.2, 0.25) is 5.91 Å². The molecule has 1 saturated heterocycles. The Labute approximate surface area is 189 Å². The standard InChI is InChI=1S/C23H23FN2O5S/c1-4-14(2)31-18-9-8-15(10-19(18)30-3)11-20-22(28)26(23(29)32-20)13-21(27)25-17-7-5-6-16(24)12-17/h5-12,14H,4,13H2,1-3H3,(H,25,27)/b20-11+/t14-/m0/s1. The van der Waals surface area contributed by atoms with Crippen molar-refractivity contribution in [3.8, 4) is 11.5 Å². The number of imide groups is 1. The summed E-state index contributed by atoms with van der Waals surface area (Å²) in [6.45, 7) is 3.50. The topological polar surface area (TPSA) is 84.9 Å². The Hall–Kier alpha value is -3.33. The van der Waals surface area contributed by atoms with Gasteiger partial charge in [0.1, 0.15) is 12.4 Å². The number of nitrogens with one attached hydrogen (secondary N) is 1. The molecule has 0 aliphatic carbocycles. The van der Waals surface area contributed by atoms with Crippen LogP contribution in [0.15, 0.2) is 47.4 Å². The van der Waals surface area contributed by atoms with Gasteiger partial charge in [-0.15, -0.1) is 0 Å². The highest BCUT2D eigenvalue weighted by Crippen LogP contribution is 2.35. The molecule has 0 bridgehead atoms. The van der Waals surface area contributed by atoms with E-state index >= 15 is 0 Å². The van der Waals surface area contributed by atoms with Gasteiger partial charge in [-0.1, -0.05) is 19.1 Å². The van der Waals surface area contributed by atoms with E-state index in [1.165, 1.54) is 25.3 Å². The van der Waals surface area contributed by atoms with Gasteiger partial charge in [0.05, 0.1) is 18.1 Å². The van der Waals surface area contributed by atoms with Crippen LogP contribution in [0.2, 0.25) is 0 Å². The van der Waals surface area contributed by atoms with Crippen LogP contribution in [0.5, 0.6) is 11.5 Å². The molecule has 2 aromatic carbocycles. The third kappa shape index (κ3) is 5.67. The number of amides is 3. The first kappa shape index (κ1) is 23.3. The van der Waals surface area contributed by atoms with E-state index in [9.17, 15) is 18.8 Å². The predicted molar refractivity (Wildman–Crippen MR) is 121 cm³/mol. The molecule has 32 heavy (non-hydrogen) atoms. The van der Waals surface area contributed by atoms with Gasteiger partial charge in [-0.05, 0) is 67.1 Å². The number of anilines is 1. The van der Waals surface area contributed by atoms with Crippen molar-refractivity contribution in [3.63, 3.8) is 0 Å². The molecule has 1 aliphatic heterocycles. The van der Waals surface area contributed by atoms with Crippen molar-refractivity contribution in [3.05, 3.63) is 58.8 Å². The minimum absolute atomic E-state index is 0.0183. The van der Waals surface area contributed by atoms with Crippen molar-refractivity contribution in [1.29, 1.82) is 0 Å². The smallest absolute Gasteiger partial charge is 0.294 e. The summed E-state index contributed by atoms with van der Waals surface area (Å²) >= 11 is 0.746. The van der Waals surface area contributed by atoms with Crippen molar-refractivity contribution >= 4 is 40.6 Å². The molecule has 1 N–H and O–H groups in total. The van der Waals surface area contributed by atoms with E-state index in [0.717, 1.165) is 29.1 Å². The first-order valence-electron chi connectivity index (χ1n) is 9.96. The minimum atomic E-state index is -0.604. The van der Waals surface area contributed by atoms with Crippen LogP contribution in [-0.2, 0) is 9.59 Å². The minimum Gasteiger partial charge on any atom is -0.493 e. The Bertz CT molecular complexity index is 1070. The number of thioether (sulfide) groups is 1. The maximum absolute atomic E-state index is 13.3. The number of rotatable bonds is 8. The largest absolute Gasteiger partial charge is 0.493 e. The van der Waals surface area contributed by atoms with E-state index in [1.54, 1.807) is 24.3 Å². The van der Waals surface area contributed by atoms with Gasteiger partial charge < -0.3 is 14.8 Å². The number of benzene rings is 2. The molecule has 0 saturated carbocycles. The lowest BCUT2D eigenvalue weighted by atomic mass is 10.1. The lowest BCUT2D eigenvalue weighted by Crippen LogP contribution is -2.36. The van der Waals surface area contributed by atoms with Crippen LogP contribution in [0.1, 0.15) is 25.8 Å². The monoisotopic (exact) mass is 458 g/mol. The molecule has 0 unspecified atom stereocenters. The van der Waals surface area contributed by atoms with Crippen LogP contribution >= 0.6 is 11.8 Å². The van der Waals surface area contributed by atoms with Gasteiger partial charge >= 0.3 is 0 Å². The van der Waals surface area contributed by atoms with Crippen molar-refractivity contribution < 1.29 is 28.2 Å². The number of methoxy groups -OCH3 is 1. The second-order valence-corrected chi connectivity index (χ2v) is 8.07. The zero-order valence-corrected chi connectivity index (χ0v) is 18.7. The fraction of sp³-hybridized carbons (Fsp3) is 0.261. The average molecular weight is 459 g/mol. The molecule has 1 heterocycles. The van der Waals surface area contributed by atoms with Crippen LogP contribution in [0, 0.1) is 5.82 Å². The van der Waals surface area contributed by atoms with E-state index in [2.05, 4.69) is 5.32 Å². The third-order valence-electron chi connectivity index (χ3n) is 4.67. The zero-order valence-electron chi connectivity index (χ0n) is 17.9. The maximum Gasteiger partial charge on any atom is 0.294 e. The van der Waals surface area contributed by atoms with Crippen LogP contribution in [0.3, 0.4) is 0 Å². The quantitative estimate of drug-likeness (QED) is 0.578. The molecular formula is C23H23FN2O5S. The molecule has 7 nitrogen and oxygen atoms in total. The normalized spacial score (nSPS) is 15.8. The lowest BCUT2D eigenvalue weighted by Gasteiger charge is -2.15. The van der Waals surface area contributed by atoms with Crippen molar-refractivity contribution in [2.24, 2.45) is 0 Å². The third-order valence-corrected chi connectivity index (χ3v) is 5.58. The number of halogens is 1.